The minimum atomic E-state index is -0.268. The highest BCUT2D eigenvalue weighted by molar-refractivity contribution is 7.15. The molecule has 1 atom stereocenters. The lowest BCUT2D eigenvalue weighted by Gasteiger charge is -2.32. The molecule has 0 saturated carbocycles. The van der Waals surface area contributed by atoms with Gasteiger partial charge in [-0.25, -0.2) is 0 Å². The topological polar surface area (TPSA) is 67.4 Å². The zero-order valence-electron chi connectivity index (χ0n) is 13.1. The van der Waals surface area contributed by atoms with Gasteiger partial charge in [0.05, 0.1) is 13.2 Å². The third kappa shape index (κ3) is 4.14. The molecule has 0 spiro atoms. The Kier molecular flexibility index (Phi) is 5.52. The van der Waals surface area contributed by atoms with Crippen LogP contribution in [0.4, 0.5) is 5.13 Å². The molecule has 2 heterocycles. The SMILES string of the molecule is CC(C)c1nnc(N[C@@H](C(=O)N2CCOCC2)C(C)C)s1. The van der Waals surface area contributed by atoms with E-state index in [4.69, 9.17) is 4.74 Å². The molecular weight excluding hydrogens is 288 g/mol. The summed E-state index contributed by atoms with van der Waals surface area (Å²) in [5, 5.41) is 13.3. The predicted molar refractivity (Wildman–Crippen MR) is 83.6 cm³/mol. The van der Waals surface area contributed by atoms with E-state index in [0.29, 0.717) is 32.2 Å². The van der Waals surface area contributed by atoms with Crippen LogP contribution < -0.4 is 5.32 Å². The van der Waals surface area contributed by atoms with Gasteiger partial charge in [0.25, 0.3) is 0 Å². The second kappa shape index (κ2) is 7.17. The zero-order valence-corrected chi connectivity index (χ0v) is 13.9. The molecule has 1 fully saturated rings. The Morgan fingerprint density at radius 1 is 1.24 bits per heavy atom. The van der Waals surface area contributed by atoms with Crippen molar-refractivity contribution in [3.8, 4) is 0 Å². The summed E-state index contributed by atoms with van der Waals surface area (Å²) in [5.74, 6) is 0.659. The molecule has 1 aromatic rings. The summed E-state index contributed by atoms with van der Waals surface area (Å²) in [6.45, 7) is 10.8. The van der Waals surface area contributed by atoms with Crippen molar-refractivity contribution in [1.82, 2.24) is 15.1 Å². The molecule has 0 aliphatic carbocycles. The average molecular weight is 312 g/mol. The molecular formula is C14H24N4O2S. The van der Waals surface area contributed by atoms with E-state index in [0.717, 1.165) is 10.1 Å². The number of nitrogens with zero attached hydrogens (tertiary/aromatic N) is 3. The maximum atomic E-state index is 12.6. The first-order chi connectivity index (χ1) is 9.99. The molecule has 1 amide bonds. The van der Waals surface area contributed by atoms with Gasteiger partial charge in [-0.05, 0) is 5.92 Å². The van der Waals surface area contributed by atoms with Gasteiger partial charge < -0.3 is 15.0 Å². The van der Waals surface area contributed by atoms with Crippen LogP contribution in [0, 0.1) is 5.92 Å². The molecule has 1 N–H and O–H groups in total. The Morgan fingerprint density at radius 3 is 2.43 bits per heavy atom. The van der Waals surface area contributed by atoms with Gasteiger partial charge in [-0.15, -0.1) is 10.2 Å². The monoisotopic (exact) mass is 312 g/mol. The lowest BCUT2D eigenvalue weighted by Crippen LogP contribution is -2.49. The maximum Gasteiger partial charge on any atom is 0.245 e. The van der Waals surface area contributed by atoms with E-state index in [2.05, 4.69) is 29.4 Å². The summed E-state index contributed by atoms with van der Waals surface area (Å²) in [7, 11) is 0. The number of morpholine rings is 1. The summed E-state index contributed by atoms with van der Waals surface area (Å²) in [5.41, 5.74) is 0. The first-order valence-electron chi connectivity index (χ1n) is 7.45. The zero-order chi connectivity index (χ0) is 15.4. The molecule has 1 aliphatic rings. The fraction of sp³-hybridized carbons (Fsp3) is 0.786. The number of carbonyl (C=O) groups is 1. The summed E-state index contributed by atoms with van der Waals surface area (Å²) in [6.07, 6.45) is 0. The van der Waals surface area contributed by atoms with Crippen molar-refractivity contribution in [1.29, 1.82) is 0 Å². The van der Waals surface area contributed by atoms with Gasteiger partial charge >= 0.3 is 0 Å². The molecule has 21 heavy (non-hydrogen) atoms. The van der Waals surface area contributed by atoms with Crippen LogP contribution in [0.1, 0.15) is 38.6 Å². The summed E-state index contributed by atoms with van der Waals surface area (Å²) >= 11 is 1.52. The van der Waals surface area contributed by atoms with Crippen LogP contribution >= 0.6 is 11.3 Å². The van der Waals surface area contributed by atoms with Crippen LogP contribution in [0.5, 0.6) is 0 Å². The summed E-state index contributed by atoms with van der Waals surface area (Å²) < 4.78 is 5.30. The lowest BCUT2D eigenvalue weighted by molar-refractivity contribution is -0.137. The number of anilines is 1. The van der Waals surface area contributed by atoms with E-state index in [9.17, 15) is 4.79 Å². The highest BCUT2D eigenvalue weighted by Gasteiger charge is 2.29. The molecule has 6 nitrogen and oxygen atoms in total. The standard InChI is InChI=1S/C14H24N4O2S/c1-9(2)11(13(19)18-5-7-20-8-6-18)15-14-17-16-12(21-14)10(3)4/h9-11H,5-8H2,1-4H3,(H,15,17)/t11-/m1/s1. The van der Waals surface area contributed by atoms with Gasteiger partial charge in [-0.3, -0.25) is 4.79 Å². The number of carbonyl (C=O) groups excluding carboxylic acids is 1. The minimum Gasteiger partial charge on any atom is -0.378 e. The molecule has 0 unspecified atom stereocenters. The fourth-order valence-corrected chi connectivity index (χ4v) is 2.94. The number of amides is 1. The molecule has 0 aromatic carbocycles. The second-order valence-electron chi connectivity index (χ2n) is 5.90. The molecule has 1 saturated heterocycles. The Hall–Kier alpha value is -1.21. The van der Waals surface area contributed by atoms with Crippen molar-refractivity contribution in [2.45, 2.75) is 39.7 Å². The largest absolute Gasteiger partial charge is 0.378 e. The van der Waals surface area contributed by atoms with Gasteiger partial charge in [-0.2, -0.15) is 0 Å². The quantitative estimate of drug-likeness (QED) is 0.900. The van der Waals surface area contributed by atoms with Gasteiger partial charge in [0.2, 0.25) is 11.0 Å². The number of ether oxygens (including phenoxy) is 1. The number of hydrogen-bond acceptors (Lipinski definition) is 6. The van der Waals surface area contributed by atoms with E-state index in [1.165, 1.54) is 11.3 Å². The normalized spacial score (nSPS) is 17.3. The Labute approximate surface area is 129 Å². The van der Waals surface area contributed by atoms with Crippen molar-refractivity contribution >= 4 is 22.4 Å². The Bertz CT molecular complexity index is 469. The van der Waals surface area contributed by atoms with Gasteiger partial charge in [0.1, 0.15) is 11.0 Å². The molecule has 0 radical (unpaired) electrons. The average Bonchev–Trinajstić information content (AvgIpc) is 2.93. The van der Waals surface area contributed by atoms with Crippen LogP contribution in [0.25, 0.3) is 0 Å². The number of aromatic nitrogens is 2. The van der Waals surface area contributed by atoms with Gasteiger partial charge in [0, 0.05) is 19.0 Å². The second-order valence-corrected chi connectivity index (χ2v) is 6.91. The van der Waals surface area contributed by atoms with E-state index in [-0.39, 0.29) is 17.9 Å². The van der Waals surface area contributed by atoms with E-state index < -0.39 is 0 Å². The summed E-state index contributed by atoms with van der Waals surface area (Å²) in [4.78, 5) is 14.5. The molecule has 1 aliphatic heterocycles. The van der Waals surface area contributed by atoms with Crippen molar-refractivity contribution in [3.05, 3.63) is 5.01 Å². The van der Waals surface area contributed by atoms with Crippen LogP contribution in [-0.4, -0.2) is 53.3 Å². The van der Waals surface area contributed by atoms with Gasteiger partial charge in [-0.1, -0.05) is 39.0 Å². The first-order valence-corrected chi connectivity index (χ1v) is 8.27. The number of nitrogens with one attached hydrogen (secondary N) is 1. The van der Waals surface area contributed by atoms with E-state index >= 15 is 0 Å². The van der Waals surface area contributed by atoms with Gasteiger partial charge in [0.15, 0.2) is 0 Å². The third-order valence-corrected chi connectivity index (χ3v) is 4.62. The van der Waals surface area contributed by atoms with Crippen LogP contribution in [0.2, 0.25) is 0 Å². The smallest absolute Gasteiger partial charge is 0.245 e. The molecule has 7 heteroatoms. The van der Waals surface area contributed by atoms with Crippen molar-refractivity contribution < 1.29 is 9.53 Å². The molecule has 118 valence electrons. The molecule has 1 aromatic heterocycles. The minimum absolute atomic E-state index is 0.120. The molecule has 0 bridgehead atoms. The summed E-state index contributed by atoms with van der Waals surface area (Å²) in [6, 6.07) is -0.268. The number of hydrogen-bond donors (Lipinski definition) is 1. The van der Waals surface area contributed by atoms with E-state index in [1.54, 1.807) is 0 Å². The highest BCUT2D eigenvalue weighted by Crippen LogP contribution is 2.24. The van der Waals surface area contributed by atoms with Crippen molar-refractivity contribution in [2.75, 3.05) is 31.6 Å². The predicted octanol–water partition coefficient (Wildman–Crippen LogP) is 1.96. The lowest BCUT2D eigenvalue weighted by atomic mass is 10.0. The van der Waals surface area contributed by atoms with Crippen LogP contribution in [0.15, 0.2) is 0 Å². The first kappa shape index (κ1) is 16.2. The Morgan fingerprint density at radius 2 is 1.90 bits per heavy atom. The van der Waals surface area contributed by atoms with E-state index in [1.807, 2.05) is 18.7 Å². The number of rotatable bonds is 5. The third-order valence-electron chi connectivity index (χ3n) is 3.47. The van der Waals surface area contributed by atoms with Crippen molar-refractivity contribution in [3.63, 3.8) is 0 Å². The highest BCUT2D eigenvalue weighted by atomic mass is 32.1. The van der Waals surface area contributed by atoms with Crippen LogP contribution in [-0.2, 0) is 9.53 Å². The maximum absolute atomic E-state index is 12.6. The van der Waals surface area contributed by atoms with Crippen LogP contribution in [0.3, 0.4) is 0 Å². The molecule has 2 rings (SSSR count). The fourth-order valence-electron chi connectivity index (χ4n) is 2.15. The Balaban J connectivity index is 2.05. The van der Waals surface area contributed by atoms with Crippen molar-refractivity contribution in [2.24, 2.45) is 5.92 Å².